The molecule has 0 bridgehead atoms. The Labute approximate surface area is 56.0 Å². The Kier molecular flexibility index (Phi) is 4.50. The van der Waals surface area contributed by atoms with Crippen LogP contribution in [0.15, 0.2) is 30.0 Å². The lowest BCUT2D eigenvalue weighted by Gasteiger charge is -1.84. The fourth-order valence-corrected chi connectivity index (χ4v) is 0.282. The van der Waals surface area contributed by atoms with E-state index in [0.717, 1.165) is 5.71 Å². The van der Waals surface area contributed by atoms with Crippen molar-refractivity contribution in [2.24, 2.45) is 4.99 Å². The molecule has 2 nitrogen and oxygen atoms in total. The predicted molar refractivity (Wildman–Crippen MR) is 41.5 cm³/mol. The number of aliphatic imine (C=N–C) groups is 1. The maximum atomic E-state index is 3.99. The quantitative estimate of drug-likeness (QED) is 0.564. The van der Waals surface area contributed by atoms with E-state index in [2.05, 4.69) is 16.9 Å². The third kappa shape index (κ3) is 4.81. The molecule has 0 aliphatic heterocycles. The van der Waals surface area contributed by atoms with Crippen LogP contribution in [0, 0.1) is 0 Å². The first-order valence-electron chi connectivity index (χ1n) is 2.80. The van der Waals surface area contributed by atoms with E-state index in [1.54, 1.807) is 18.5 Å². The molecule has 0 rings (SSSR count). The minimum atomic E-state index is 0.918. The zero-order chi connectivity index (χ0) is 7.11. The number of allylic oxidation sites excluding steroid dienone is 1. The van der Waals surface area contributed by atoms with Crippen molar-refractivity contribution in [2.45, 2.75) is 6.92 Å². The maximum Gasteiger partial charge on any atom is 0.0427 e. The van der Waals surface area contributed by atoms with Crippen LogP contribution in [-0.2, 0) is 0 Å². The van der Waals surface area contributed by atoms with Gasteiger partial charge in [-0.1, -0.05) is 6.58 Å². The topological polar surface area (TPSA) is 24.4 Å². The number of rotatable bonds is 3. The van der Waals surface area contributed by atoms with Gasteiger partial charge in [-0.15, -0.1) is 0 Å². The molecule has 0 aromatic rings. The zero-order valence-corrected chi connectivity index (χ0v) is 5.89. The van der Waals surface area contributed by atoms with E-state index in [0.29, 0.717) is 0 Å². The van der Waals surface area contributed by atoms with Gasteiger partial charge in [0.25, 0.3) is 0 Å². The summed E-state index contributed by atoms with van der Waals surface area (Å²) >= 11 is 0. The Morgan fingerprint density at radius 2 is 2.33 bits per heavy atom. The van der Waals surface area contributed by atoms with Crippen LogP contribution < -0.4 is 5.32 Å². The molecule has 0 amide bonds. The summed E-state index contributed by atoms with van der Waals surface area (Å²) in [6, 6.07) is 0. The number of nitrogens with zero attached hydrogens (tertiary/aromatic N) is 1. The minimum absolute atomic E-state index is 0.918. The van der Waals surface area contributed by atoms with Crippen molar-refractivity contribution in [3.8, 4) is 0 Å². The Bertz CT molecular complexity index is 134. The van der Waals surface area contributed by atoms with E-state index in [-0.39, 0.29) is 0 Å². The summed E-state index contributed by atoms with van der Waals surface area (Å²) in [5, 5.41) is 2.83. The van der Waals surface area contributed by atoms with Gasteiger partial charge in [-0.3, -0.25) is 4.99 Å². The van der Waals surface area contributed by atoms with Crippen LogP contribution in [0.1, 0.15) is 6.92 Å². The van der Waals surface area contributed by atoms with Crippen molar-refractivity contribution in [1.82, 2.24) is 5.32 Å². The molecule has 50 valence electrons. The fraction of sp³-hybridized carbons (Fsp3) is 0.286. The van der Waals surface area contributed by atoms with E-state index in [1.807, 2.05) is 14.0 Å². The third-order valence-corrected chi connectivity index (χ3v) is 0.815. The number of hydrogen-bond donors (Lipinski definition) is 1. The Morgan fingerprint density at radius 3 is 2.78 bits per heavy atom. The minimum Gasteiger partial charge on any atom is -0.393 e. The van der Waals surface area contributed by atoms with E-state index < -0.39 is 0 Å². The number of nitrogens with one attached hydrogen (secondary N) is 1. The normalized spacial score (nSPS) is 12.0. The van der Waals surface area contributed by atoms with Gasteiger partial charge in [-0.05, 0) is 13.0 Å². The highest BCUT2D eigenvalue weighted by atomic mass is 14.8. The highest BCUT2D eigenvalue weighted by Gasteiger charge is 1.72. The van der Waals surface area contributed by atoms with Crippen LogP contribution in [0.4, 0.5) is 0 Å². The van der Waals surface area contributed by atoms with E-state index in [4.69, 9.17) is 0 Å². The standard InChI is InChI=1S/C7H12N2/c1-4-7(2)9-6-5-8-3/h4-6,8H,1H2,2-3H3/b6-5-,9-7-. The first kappa shape index (κ1) is 7.95. The average Bonchev–Trinajstić information content (AvgIpc) is 1.89. The van der Waals surface area contributed by atoms with Gasteiger partial charge < -0.3 is 5.32 Å². The molecule has 0 aliphatic carbocycles. The first-order valence-corrected chi connectivity index (χ1v) is 2.80. The molecular formula is C7H12N2. The van der Waals surface area contributed by atoms with Gasteiger partial charge in [0.05, 0.1) is 0 Å². The zero-order valence-electron chi connectivity index (χ0n) is 5.89. The fourth-order valence-electron chi connectivity index (χ4n) is 0.282. The van der Waals surface area contributed by atoms with Crippen LogP contribution in [0.2, 0.25) is 0 Å². The highest BCUT2D eigenvalue weighted by molar-refractivity contribution is 5.92. The molecule has 1 N–H and O–H groups in total. The van der Waals surface area contributed by atoms with E-state index in [1.165, 1.54) is 0 Å². The summed E-state index contributed by atoms with van der Waals surface area (Å²) in [5.41, 5.74) is 0.918. The van der Waals surface area contributed by atoms with Crippen molar-refractivity contribution in [3.63, 3.8) is 0 Å². The molecule has 0 saturated heterocycles. The summed E-state index contributed by atoms with van der Waals surface area (Å²) < 4.78 is 0. The van der Waals surface area contributed by atoms with Gasteiger partial charge in [0.2, 0.25) is 0 Å². The van der Waals surface area contributed by atoms with Crippen molar-refractivity contribution in [3.05, 3.63) is 25.1 Å². The van der Waals surface area contributed by atoms with Crippen LogP contribution in [0.3, 0.4) is 0 Å². The van der Waals surface area contributed by atoms with Crippen molar-refractivity contribution in [2.75, 3.05) is 7.05 Å². The van der Waals surface area contributed by atoms with Gasteiger partial charge in [0, 0.05) is 25.2 Å². The van der Waals surface area contributed by atoms with Gasteiger partial charge in [-0.2, -0.15) is 0 Å². The van der Waals surface area contributed by atoms with Gasteiger partial charge in [0.15, 0.2) is 0 Å². The lowest BCUT2D eigenvalue weighted by molar-refractivity contribution is 1.09. The molecule has 0 unspecified atom stereocenters. The van der Waals surface area contributed by atoms with Crippen molar-refractivity contribution >= 4 is 5.71 Å². The molecule has 0 aromatic heterocycles. The number of hydrogen-bond acceptors (Lipinski definition) is 2. The van der Waals surface area contributed by atoms with Gasteiger partial charge in [0.1, 0.15) is 0 Å². The van der Waals surface area contributed by atoms with Crippen molar-refractivity contribution in [1.29, 1.82) is 0 Å². The third-order valence-electron chi connectivity index (χ3n) is 0.815. The Hall–Kier alpha value is -1.05. The first-order chi connectivity index (χ1) is 4.31. The molecule has 0 radical (unpaired) electrons. The average molecular weight is 124 g/mol. The van der Waals surface area contributed by atoms with Gasteiger partial charge in [-0.25, -0.2) is 0 Å². The molecule has 0 heterocycles. The summed E-state index contributed by atoms with van der Waals surface area (Å²) in [7, 11) is 1.83. The smallest absolute Gasteiger partial charge is 0.0427 e. The molecule has 0 aromatic carbocycles. The molecule has 2 heteroatoms. The SMILES string of the molecule is C=C/C(C)=N\C=C/NC. The molecule has 0 fully saturated rings. The van der Waals surface area contributed by atoms with Crippen LogP contribution in [0.5, 0.6) is 0 Å². The second kappa shape index (κ2) is 5.09. The summed E-state index contributed by atoms with van der Waals surface area (Å²) in [4.78, 5) is 3.99. The highest BCUT2D eigenvalue weighted by Crippen LogP contribution is 1.78. The van der Waals surface area contributed by atoms with Crippen molar-refractivity contribution < 1.29 is 0 Å². The Balaban J connectivity index is 3.68. The molecule has 9 heavy (non-hydrogen) atoms. The predicted octanol–water partition coefficient (Wildman–Crippen LogP) is 1.32. The molecular weight excluding hydrogens is 112 g/mol. The van der Waals surface area contributed by atoms with Gasteiger partial charge >= 0.3 is 0 Å². The summed E-state index contributed by atoms with van der Waals surface area (Å²) in [6.45, 7) is 5.45. The Morgan fingerprint density at radius 1 is 1.67 bits per heavy atom. The summed E-state index contributed by atoms with van der Waals surface area (Å²) in [6.07, 6.45) is 5.16. The molecule has 0 atom stereocenters. The second-order valence-electron chi connectivity index (χ2n) is 1.58. The van der Waals surface area contributed by atoms with E-state index >= 15 is 0 Å². The van der Waals surface area contributed by atoms with Crippen LogP contribution in [0.25, 0.3) is 0 Å². The largest absolute Gasteiger partial charge is 0.393 e. The molecule has 0 aliphatic rings. The maximum absolute atomic E-state index is 3.99. The van der Waals surface area contributed by atoms with Crippen LogP contribution >= 0.6 is 0 Å². The second-order valence-corrected chi connectivity index (χ2v) is 1.58. The van der Waals surface area contributed by atoms with Crippen LogP contribution in [-0.4, -0.2) is 12.8 Å². The lowest BCUT2D eigenvalue weighted by Crippen LogP contribution is -1.90. The monoisotopic (exact) mass is 124 g/mol. The lowest BCUT2D eigenvalue weighted by atomic mass is 10.4. The summed E-state index contributed by atoms with van der Waals surface area (Å²) in [5.74, 6) is 0. The molecule has 0 spiro atoms. The van der Waals surface area contributed by atoms with E-state index in [9.17, 15) is 0 Å². The molecule has 0 saturated carbocycles.